The predicted octanol–water partition coefficient (Wildman–Crippen LogP) is 1.90. The van der Waals surface area contributed by atoms with Crippen molar-refractivity contribution in [2.75, 3.05) is 42.1 Å². The van der Waals surface area contributed by atoms with Gasteiger partial charge in [-0.25, -0.2) is 4.39 Å². The van der Waals surface area contributed by atoms with E-state index in [0.717, 1.165) is 31.9 Å². The average molecular weight is 415 g/mol. The van der Waals surface area contributed by atoms with Crippen LogP contribution in [-0.4, -0.2) is 41.1 Å². The third kappa shape index (κ3) is 4.90. The summed E-state index contributed by atoms with van der Waals surface area (Å²) in [5, 5.41) is 3.78. The maximum atomic E-state index is 14.0. The maximum absolute atomic E-state index is 14.0. The van der Waals surface area contributed by atoms with Crippen LogP contribution in [0.2, 0.25) is 5.02 Å². The monoisotopic (exact) mass is 414 g/mol. The Balaban J connectivity index is 1.39. The van der Waals surface area contributed by atoms with Gasteiger partial charge in [-0.15, -0.1) is 0 Å². The first-order valence-corrected chi connectivity index (χ1v) is 9.81. The van der Waals surface area contributed by atoms with Crippen molar-refractivity contribution in [3.8, 4) is 0 Å². The van der Waals surface area contributed by atoms with Crippen molar-refractivity contribution in [3.63, 3.8) is 0 Å². The molecular formula is C20H22ClFN7+. The summed E-state index contributed by atoms with van der Waals surface area (Å²) in [4.78, 5) is 16.3. The number of rotatable bonds is 5. The highest BCUT2D eigenvalue weighted by molar-refractivity contribution is 6.30. The van der Waals surface area contributed by atoms with E-state index in [1.165, 1.54) is 11.0 Å². The highest BCUT2D eigenvalue weighted by Gasteiger charge is 2.23. The van der Waals surface area contributed by atoms with Gasteiger partial charge in [-0.05, 0) is 36.4 Å². The minimum absolute atomic E-state index is 0.177. The summed E-state index contributed by atoms with van der Waals surface area (Å²) < 4.78 is 14.0. The van der Waals surface area contributed by atoms with Crippen molar-refractivity contribution in [1.29, 1.82) is 0 Å². The molecule has 0 bridgehead atoms. The third-order valence-corrected chi connectivity index (χ3v) is 5.12. The number of benzene rings is 2. The number of nitrogen functional groups attached to an aromatic ring is 1. The molecule has 4 N–H and O–H groups in total. The number of hydrogen-bond acceptors (Lipinski definition) is 6. The van der Waals surface area contributed by atoms with Crippen molar-refractivity contribution in [2.24, 2.45) is 0 Å². The van der Waals surface area contributed by atoms with Crippen molar-refractivity contribution in [2.45, 2.75) is 6.54 Å². The van der Waals surface area contributed by atoms with Crippen LogP contribution in [0.3, 0.4) is 0 Å². The smallest absolute Gasteiger partial charge is 0.232 e. The second-order valence-corrected chi connectivity index (χ2v) is 7.37. The minimum Gasteiger partial charge on any atom is -0.368 e. The van der Waals surface area contributed by atoms with Crippen molar-refractivity contribution >= 4 is 34.9 Å². The fourth-order valence-corrected chi connectivity index (χ4v) is 3.53. The Labute approximate surface area is 173 Å². The van der Waals surface area contributed by atoms with Crippen molar-refractivity contribution < 1.29 is 9.29 Å². The molecule has 150 valence electrons. The minimum atomic E-state index is -0.181. The Morgan fingerprint density at radius 1 is 1.03 bits per heavy atom. The lowest BCUT2D eigenvalue weighted by Crippen LogP contribution is -3.13. The number of nitrogens with two attached hydrogens (primary N) is 1. The molecule has 1 fully saturated rings. The molecule has 0 saturated carbocycles. The molecule has 0 amide bonds. The second-order valence-electron chi connectivity index (χ2n) is 6.93. The van der Waals surface area contributed by atoms with Crippen LogP contribution in [-0.2, 0) is 6.54 Å². The topological polar surface area (TPSA) is 84.4 Å². The number of hydrogen-bond donors (Lipinski definition) is 3. The van der Waals surface area contributed by atoms with Gasteiger partial charge in [-0.1, -0.05) is 23.7 Å². The molecule has 2 heterocycles. The fraction of sp³-hybridized carbons (Fsp3) is 0.250. The quantitative estimate of drug-likeness (QED) is 0.591. The Morgan fingerprint density at radius 2 is 1.76 bits per heavy atom. The van der Waals surface area contributed by atoms with Gasteiger partial charge in [0.15, 0.2) is 5.82 Å². The van der Waals surface area contributed by atoms with Gasteiger partial charge in [-0.3, -0.25) is 0 Å². The fourth-order valence-electron chi connectivity index (χ4n) is 3.41. The molecule has 29 heavy (non-hydrogen) atoms. The Morgan fingerprint density at radius 3 is 2.48 bits per heavy atom. The van der Waals surface area contributed by atoms with Gasteiger partial charge >= 0.3 is 0 Å². The Kier molecular flexibility index (Phi) is 5.73. The lowest BCUT2D eigenvalue weighted by atomic mass is 10.2. The standard InChI is InChI=1S/C20H21ClFN7/c21-14-5-7-15(8-6-14)24-20-26-18(25-19(23)27-20)13-28-9-11-29(12-10-28)17-4-2-1-3-16(17)22/h1-8H,9-13H2,(H3,23,24,25,26,27)/p+1. The lowest BCUT2D eigenvalue weighted by Gasteiger charge is -2.33. The van der Waals surface area contributed by atoms with E-state index in [1.807, 2.05) is 24.3 Å². The van der Waals surface area contributed by atoms with Crippen LogP contribution >= 0.6 is 11.6 Å². The van der Waals surface area contributed by atoms with Crippen LogP contribution in [0.4, 0.5) is 27.7 Å². The van der Waals surface area contributed by atoms with Crippen LogP contribution in [0.5, 0.6) is 0 Å². The first kappa shape index (κ1) is 19.4. The van der Waals surface area contributed by atoms with E-state index in [0.29, 0.717) is 29.0 Å². The molecule has 0 spiro atoms. The van der Waals surface area contributed by atoms with E-state index in [4.69, 9.17) is 17.3 Å². The van der Waals surface area contributed by atoms with E-state index in [1.54, 1.807) is 18.2 Å². The molecule has 0 radical (unpaired) electrons. The SMILES string of the molecule is Nc1nc(C[NH+]2CCN(c3ccccc3F)CC2)nc(Nc2ccc(Cl)cc2)n1. The second kappa shape index (κ2) is 8.59. The molecule has 2 aromatic carbocycles. The van der Waals surface area contributed by atoms with Crippen molar-refractivity contribution in [3.05, 3.63) is 65.2 Å². The predicted molar refractivity (Wildman–Crippen MR) is 112 cm³/mol. The van der Waals surface area contributed by atoms with Gasteiger partial charge < -0.3 is 20.9 Å². The number of aromatic nitrogens is 3. The van der Waals surface area contributed by atoms with Gasteiger partial charge in [0, 0.05) is 10.7 Å². The molecule has 4 rings (SSSR count). The largest absolute Gasteiger partial charge is 0.368 e. The number of quaternary nitrogens is 1. The average Bonchev–Trinajstić information content (AvgIpc) is 2.70. The van der Waals surface area contributed by atoms with Crippen LogP contribution in [0.25, 0.3) is 0 Å². The number of nitrogens with one attached hydrogen (secondary N) is 2. The first-order valence-electron chi connectivity index (χ1n) is 9.43. The normalized spacial score (nSPS) is 14.8. The summed E-state index contributed by atoms with van der Waals surface area (Å²) in [6.45, 7) is 3.90. The molecule has 0 unspecified atom stereocenters. The first-order chi connectivity index (χ1) is 14.1. The van der Waals surface area contributed by atoms with E-state index in [2.05, 4.69) is 25.2 Å². The van der Waals surface area contributed by atoms with Gasteiger partial charge in [0.25, 0.3) is 0 Å². The molecule has 3 aromatic rings. The molecule has 9 heteroatoms. The van der Waals surface area contributed by atoms with Gasteiger partial charge in [0.2, 0.25) is 11.9 Å². The maximum Gasteiger partial charge on any atom is 0.232 e. The number of anilines is 4. The van der Waals surface area contributed by atoms with E-state index >= 15 is 0 Å². The molecule has 1 aromatic heterocycles. The van der Waals surface area contributed by atoms with Gasteiger partial charge in [0.1, 0.15) is 12.4 Å². The molecule has 1 aliphatic rings. The zero-order valence-electron chi connectivity index (χ0n) is 15.8. The van der Waals surface area contributed by atoms with Crippen LogP contribution in [0.1, 0.15) is 5.82 Å². The molecule has 0 atom stereocenters. The van der Waals surface area contributed by atoms with Crippen LogP contribution in [0, 0.1) is 5.82 Å². The molecule has 1 saturated heterocycles. The zero-order chi connectivity index (χ0) is 20.2. The van der Waals surface area contributed by atoms with Crippen LogP contribution < -0.4 is 20.9 Å². The van der Waals surface area contributed by atoms with E-state index in [9.17, 15) is 4.39 Å². The van der Waals surface area contributed by atoms with E-state index in [-0.39, 0.29) is 11.8 Å². The number of para-hydroxylation sites is 1. The summed E-state index contributed by atoms with van der Waals surface area (Å²) in [5.74, 6) is 1.03. The Bertz CT molecular complexity index is 975. The summed E-state index contributed by atoms with van der Waals surface area (Å²) in [5.41, 5.74) is 7.35. The molecular weight excluding hydrogens is 393 g/mol. The highest BCUT2D eigenvalue weighted by atomic mass is 35.5. The zero-order valence-corrected chi connectivity index (χ0v) is 16.5. The highest BCUT2D eigenvalue weighted by Crippen LogP contribution is 2.19. The lowest BCUT2D eigenvalue weighted by molar-refractivity contribution is -0.915. The summed E-state index contributed by atoms with van der Waals surface area (Å²) in [6.07, 6.45) is 0. The number of nitrogens with zero attached hydrogens (tertiary/aromatic N) is 4. The summed E-state index contributed by atoms with van der Waals surface area (Å²) in [7, 11) is 0. The van der Waals surface area contributed by atoms with Gasteiger partial charge in [-0.2, -0.15) is 15.0 Å². The molecule has 7 nitrogen and oxygen atoms in total. The molecule has 0 aliphatic carbocycles. The summed E-state index contributed by atoms with van der Waals surface area (Å²) >= 11 is 5.92. The summed E-state index contributed by atoms with van der Waals surface area (Å²) in [6, 6.07) is 14.1. The Hall–Kier alpha value is -2.97. The van der Waals surface area contributed by atoms with Crippen LogP contribution in [0.15, 0.2) is 48.5 Å². The molecule has 1 aliphatic heterocycles. The van der Waals surface area contributed by atoms with E-state index < -0.39 is 0 Å². The van der Waals surface area contributed by atoms with Gasteiger partial charge in [0.05, 0.1) is 31.9 Å². The van der Waals surface area contributed by atoms with Crippen molar-refractivity contribution in [1.82, 2.24) is 15.0 Å². The number of piperazine rings is 1. The number of halogens is 2. The third-order valence-electron chi connectivity index (χ3n) is 4.87.